The third kappa shape index (κ3) is 4.94. The minimum absolute atomic E-state index is 0.352. The number of benzene rings is 3. The van der Waals surface area contributed by atoms with Crippen molar-refractivity contribution in [2.45, 2.75) is 6.92 Å². The van der Waals surface area contributed by atoms with E-state index in [2.05, 4.69) is 25.8 Å². The number of hydrogen-bond donors (Lipinski definition) is 3. The highest BCUT2D eigenvalue weighted by Crippen LogP contribution is 2.32. The highest BCUT2D eigenvalue weighted by molar-refractivity contribution is 6.00. The van der Waals surface area contributed by atoms with Crippen LogP contribution in [0, 0.1) is 6.92 Å². The van der Waals surface area contributed by atoms with E-state index in [4.69, 9.17) is 14.2 Å². The Morgan fingerprint density at radius 3 is 2.53 bits per heavy atom. The van der Waals surface area contributed by atoms with Gasteiger partial charge in [0.25, 0.3) is 5.91 Å². The quantitative estimate of drug-likeness (QED) is 0.187. The van der Waals surface area contributed by atoms with Crippen molar-refractivity contribution in [2.75, 3.05) is 26.6 Å². The second-order valence-electron chi connectivity index (χ2n) is 8.59. The number of aromatic nitrogens is 2. The van der Waals surface area contributed by atoms with Gasteiger partial charge in [0.05, 0.1) is 27.5 Å². The Morgan fingerprint density at radius 2 is 1.74 bits per heavy atom. The van der Waals surface area contributed by atoms with Gasteiger partial charge in [0.1, 0.15) is 17.0 Å². The number of nitrogens with zero attached hydrogens (tertiary/aromatic N) is 2. The summed E-state index contributed by atoms with van der Waals surface area (Å²) in [7, 11) is 4.78. The second-order valence-corrected chi connectivity index (χ2v) is 8.59. The Labute approximate surface area is 219 Å². The molecule has 38 heavy (non-hydrogen) atoms. The molecule has 5 rings (SSSR count). The summed E-state index contributed by atoms with van der Waals surface area (Å²) in [4.78, 5) is 20.5. The first-order chi connectivity index (χ1) is 18.5. The van der Waals surface area contributed by atoms with Crippen molar-refractivity contribution in [3.63, 3.8) is 0 Å². The summed E-state index contributed by atoms with van der Waals surface area (Å²) in [6, 6.07) is 20.9. The number of hydrogen-bond acceptors (Lipinski definition) is 7. The normalized spacial score (nSPS) is 11.2. The highest BCUT2D eigenvalue weighted by atomic mass is 16.5. The van der Waals surface area contributed by atoms with Crippen LogP contribution in [0.2, 0.25) is 0 Å². The van der Waals surface area contributed by atoms with Gasteiger partial charge >= 0.3 is 0 Å². The summed E-state index contributed by atoms with van der Waals surface area (Å²) in [5, 5.41) is 9.40. The first-order valence-electron chi connectivity index (χ1n) is 11.9. The Kier molecular flexibility index (Phi) is 6.82. The lowest BCUT2D eigenvalue weighted by molar-refractivity contribution is 0.0951. The molecule has 1 amide bonds. The molecule has 0 radical (unpaired) electrons. The van der Waals surface area contributed by atoms with E-state index in [1.165, 1.54) is 0 Å². The molecule has 2 heterocycles. The molecule has 0 spiro atoms. The molecule has 3 N–H and O–H groups in total. The number of amides is 1. The molecule has 192 valence electrons. The van der Waals surface area contributed by atoms with E-state index in [9.17, 15) is 4.79 Å². The fourth-order valence-electron chi connectivity index (χ4n) is 4.27. The molecular weight excluding hydrogens is 482 g/mol. The monoisotopic (exact) mass is 509 g/mol. The van der Waals surface area contributed by atoms with Gasteiger partial charge in [-0.2, -0.15) is 5.10 Å². The predicted molar refractivity (Wildman–Crippen MR) is 149 cm³/mol. The largest absolute Gasteiger partial charge is 0.494 e. The number of aryl methyl sites for hydroxylation is 1. The van der Waals surface area contributed by atoms with Gasteiger partial charge in [-0.25, -0.2) is 10.4 Å². The Morgan fingerprint density at radius 1 is 0.921 bits per heavy atom. The minimum atomic E-state index is -0.352. The lowest BCUT2D eigenvalue weighted by Gasteiger charge is -2.13. The fraction of sp³-hybridized carbons (Fsp3) is 0.138. The van der Waals surface area contributed by atoms with Crippen molar-refractivity contribution in [1.29, 1.82) is 0 Å². The summed E-state index contributed by atoms with van der Waals surface area (Å²) in [5.41, 5.74) is 8.02. The molecule has 0 saturated carbocycles. The number of pyridine rings is 1. The van der Waals surface area contributed by atoms with Gasteiger partial charge in [-0.1, -0.05) is 12.1 Å². The molecular formula is C29H27N5O4. The molecule has 9 heteroatoms. The number of fused-ring (bicyclic) bond motifs is 2. The van der Waals surface area contributed by atoms with E-state index >= 15 is 0 Å². The van der Waals surface area contributed by atoms with E-state index in [0.717, 1.165) is 50.2 Å². The number of ether oxygens (including phenoxy) is 3. The summed E-state index contributed by atoms with van der Waals surface area (Å²) < 4.78 is 16.0. The van der Waals surface area contributed by atoms with Crippen molar-refractivity contribution < 1.29 is 19.0 Å². The van der Waals surface area contributed by atoms with E-state index in [1.54, 1.807) is 45.7 Å². The highest BCUT2D eigenvalue weighted by Gasteiger charge is 2.12. The lowest BCUT2D eigenvalue weighted by atomic mass is 10.1. The van der Waals surface area contributed by atoms with Gasteiger partial charge in [0.2, 0.25) is 0 Å². The van der Waals surface area contributed by atoms with Crippen molar-refractivity contribution in [2.24, 2.45) is 5.10 Å². The number of carbonyl (C=O) groups is 1. The molecule has 0 atom stereocenters. The van der Waals surface area contributed by atoms with Crippen LogP contribution in [0.4, 0.5) is 11.4 Å². The number of carbonyl (C=O) groups excluding carboxylic acids is 1. The van der Waals surface area contributed by atoms with Crippen molar-refractivity contribution in [3.8, 4) is 17.2 Å². The maximum atomic E-state index is 12.7. The average molecular weight is 510 g/mol. The van der Waals surface area contributed by atoms with Gasteiger partial charge in [0, 0.05) is 33.4 Å². The Balaban J connectivity index is 1.34. The molecule has 0 unspecified atom stereocenters. The number of H-pyrrole nitrogens is 1. The van der Waals surface area contributed by atoms with Gasteiger partial charge in [-0.15, -0.1) is 0 Å². The zero-order valence-electron chi connectivity index (χ0n) is 21.5. The fourth-order valence-corrected chi connectivity index (χ4v) is 4.27. The van der Waals surface area contributed by atoms with Gasteiger partial charge in [-0.05, 0) is 67.1 Å². The third-order valence-corrected chi connectivity index (χ3v) is 6.08. The van der Waals surface area contributed by atoms with Crippen LogP contribution in [-0.2, 0) is 0 Å². The van der Waals surface area contributed by atoms with Crippen LogP contribution in [0.25, 0.3) is 21.8 Å². The van der Waals surface area contributed by atoms with Crippen LogP contribution < -0.4 is 25.0 Å². The van der Waals surface area contributed by atoms with Crippen LogP contribution >= 0.6 is 0 Å². The predicted octanol–water partition coefficient (Wildman–Crippen LogP) is 5.56. The molecule has 5 aromatic rings. The van der Waals surface area contributed by atoms with E-state index < -0.39 is 0 Å². The summed E-state index contributed by atoms with van der Waals surface area (Å²) in [6.07, 6.45) is 1.54. The van der Waals surface area contributed by atoms with Gasteiger partial charge in [-0.3, -0.25) is 4.79 Å². The second kappa shape index (κ2) is 10.5. The Bertz CT molecular complexity index is 1680. The summed E-state index contributed by atoms with van der Waals surface area (Å²) in [5.74, 6) is 1.57. The van der Waals surface area contributed by atoms with Crippen molar-refractivity contribution in [1.82, 2.24) is 15.4 Å². The molecule has 0 aliphatic carbocycles. The number of anilines is 2. The number of methoxy groups -OCH3 is 3. The number of hydrazone groups is 1. The van der Waals surface area contributed by atoms with Crippen LogP contribution in [0.5, 0.6) is 17.2 Å². The molecule has 9 nitrogen and oxygen atoms in total. The van der Waals surface area contributed by atoms with E-state index in [0.29, 0.717) is 17.2 Å². The van der Waals surface area contributed by atoms with Crippen LogP contribution in [-0.4, -0.2) is 43.4 Å². The third-order valence-electron chi connectivity index (χ3n) is 6.08. The topological polar surface area (TPSA) is 110 Å². The molecule has 0 bridgehead atoms. The van der Waals surface area contributed by atoms with Gasteiger partial charge < -0.3 is 24.5 Å². The first kappa shape index (κ1) is 24.6. The first-order valence-corrected chi connectivity index (χ1v) is 11.9. The maximum absolute atomic E-state index is 12.7. The van der Waals surface area contributed by atoms with Crippen molar-refractivity contribution >= 4 is 45.3 Å². The van der Waals surface area contributed by atoms with Crippen LogP contribution in [0.3, 0.4) is 0 Å². The molecule has 0 saturated heterocycles. The zero-order valence-corrected chi connectivity index (χ0v) is 21.5. The molecule has 3 aromatic carbocycles. The van der Waals surface area contributed by atoms with Crippen molar-refractivity contribution in [3.05, 3.63) is 83.7 Å². The number of nitrogens with one attached hydrogen (secondary N) is 3. The van der Waals surface area contributed by atoms with E-state index in [1.807, 2.05) is 55.5 Å². The van der Waals surface area contributed by atoms with Crippen LogP contribution in [0.1, 0.15) is 21.7 Å². The zero-order chi connectivity index (χ0) is 26.6. The summed E-state index contributed by atoms with van der Waals surface area (Å²) in [6.45, 7) is 1.95. The lowest BCUT2D eigenvalue weighted by Crippen LogP contribution is -2.17. The van der Waals surface area contributed by atoms with Gasteiger partial charge in [0.15, 0.2) is 11.5 Å². The van der Waals surface area contributed by atoms with E-state index in [-0.39, 0.29) is 5.91 Å². The summed E-state index contributed by atoms with van der Waals surface area (Å²) >= 11 is 0. The average Bonchev–Trinajstić information content (AvgIpc) is 3.36. The number of aromatic amines is 1. The minimum Gasteiger partial charge on any atom is -0.494 e. The molecule has 0 aliphatic heterocycles. The molecule has 0 aliphatic rings. The van der Waals surface area contributed by atoms with Crippen LogP contribution in [0.15, 0.2) is 71.8 Å². The number of para-hydroxylation sites is 1. The maximum Gasteiger partial charge on any atom is 0.287 e. The molecule has 2 aromatic heterocycles. The standard InChI is InChI=1S/C29H27N5O4/c1-17-12-23(21-6-5-7-26(37-3)28(21)31-17)32-20-9-10-22-19(14-20)15-24(33-22)29(35)34-30-16-18-8-11-25(36-2)27(13-18)38-4/h5-16,33H,1-4H3,(H,31,32)(H,34,35)/b30-16+. The number of rotatable bonds is 8. The SMILES string of the molecule is COc1ccc(/C=N/NC(=O)c2cc3cc(Nc4cc(C)nc5c(OC)cccc45)ccc3[nH]2)cc1OC. The smallest absolute Gasteiger partial charge is 0.287 e. The molecule has 0 fully saturated rings. The Hall–Kier alpha value is -5.05.